The van der Waals surface area contributed by atoms with E-state index >= 15 is 0 Å². The summed E-state index contributed by atoms with van der Waals surface area (Å²) in [7, 11) is 0. The predicted octanol–water partition coefficient (Wildman–Crippen LogP) is 2.43. The Hall–Kier alpha value is -0.680. The van der Waals surface area contributed by atoms with Crippen molar-refractivity contribution in [1.82, 2.24) is 10.2 Å². The SMILES string of the molecule is Fc1ccc(CNCC2CN3CCCC3CO2)c(Cl)c1. The summed E-state index contributed by atoms with van der Waals surface area (Å²) < 4.78 is 18.8. The largest absolute Gasteiger partial charge is 0.374 e. The number of ether oxygens (including phenoxy) is 1. The second-order valence-electron chi connectivity index (χ2n) is 5.61. The summed E-state index contributed by atoms with van der Waals surface area (Å²) in [5, 5.41) is 3.83. The standard InChI is InChI=1S/C15H20ClFN2O/c16-15-6-12(17)4-3-11(15)7-18-8-14-9-19-5-1-2-13(19)10-20-14/h3-4,6,13-14,18H,1-2,5,7-10H2. The summed E-state index contributed by atoms with van der Waals surface area (Å²) in [5.41, 5.74) is 0.919. The van der Waals surface area contributed by atoms with Crippen molar-refractivity contribution in [3.8, 4) is 0 Å². The molecule has 2 saturated heterocycles. The Morgan fingerprint density at radius 1 is 1.45 bits per heavy atom. The van der Waals surface area contributed by atoms with Gasteiger partial charge in [0.25, 0.3) is 0 Å². The second-order valence-corrected chi connectivity index (χ2v) is 6.02. The van der Waals surface area contributed by atoms with Crippen LogP contribution in [-0.4, -0.2) is 43.3 Å². The van der Waals surface area contributed by atoms with Gasteiger partial charge < -0.3 is 10.1 Å². The van der Waals surface area contributed by atoms with Crippen LogP contribution >= 0.6 is 11.6 Å². The van der Waals surface area contributed by atoms with Gasteiger partial charge in [0.2, 0.25) is 0 Å². The molecule has 3 rings (SSSR count). The van der Waals surface area contributed by atoms with Gasteiger partial charge in [-0.05, 0) is 37.1 Å². The molecule has 5 heteroatoms. The first kappa shape index (κ1) is 14.3. The molecule has 1 aromatic rings. The predicted molar refractivity (Wildman–Crippen MR) is 77.5 cm³/mol. The van der Waals surface area contributed by atoms with Crippen molar-refractivity contribution in [2.24, 2.45) is 0 Å². The molecule has 0 amide bonds. The Morgan fingerprint density at radius 3 is 3.20 bits per heavy atom. The Balaban J connectivity index is 1.45. The van der Waals surface area contributed by atoms with Crippen LogP contribution in [-0.2, 0) is 11.3 Å². The molecule has 2 heterocycles. The highest BCUT2D eigenvalue weighted by molar-refractivity contribution is 6.31. The Labute approximate surface area is 124 Å². The van der Waals surface area contributed by atoms with Gasteiger partial charge in [0.1, 0.15) is 5.82 Å². The molecular formula is C15H20ClFN2O. The molecule has 0 aliphatic carbocycles. The Bertz CT molecular complexity index is 471. The van der Waals surface area contributed by atoms with Crippen LogP contribution in [0.4, 0.5) is 4.39 Å². The topological polar surface area (TPSA) is 24.5 Å². The lowest BCUT2D eigenvalue weighted by Gasteiger charge is -2.35. The molecular weight excluding hydrogens is 279 g/mol. The van der Waals surface area contributed by atoms with E-state index in [1.54, 1.807) is 6.07 Å². The molecule has 20 heavy (non-hydrogen) atoms. The number of hydrogen-bond donors (Lipinski definition) is 1. The fourth-order valence-corrected chi connectivity index (χ4v) is 3.28. The van der Waals surface area contributed by atoms with Crippen LogP contribution in [0.3, 0.4) is 0 Å². The van der Waals surface area contributed by atoms with E-state index in [1.165, 1.54) is 31.5 Å². The zero-order chi connectivity index (χ0) is 13.9. The fourth-order valence-electron chi connectivity index (χ4n) is 3.04. The summed E-state index contributed by atoms with van der Waals surface area (Å²) in [4.78, 5) is 2.53. The van der Waals surface area contributed by atoms with E-state index in [9.17, 15) is 4.39 Å². The number of rotatable bonds is 4. The van der Waals surface area contributed by atoms with Gasteiger partial charge in [-0.3, -0.25) is 4.90 Å². The van der Waals surface area contributed by atoms with E-state index < -0.39 is 0 Å². The third-order valence-corrected chi connectivity index (χ3v) is 4.52. The molecule has 3 nitrogen and oxygen atoms in total. The fraction of sp³-hybridized carbons (Fsp3) is 0.600. The minimum absolute atomic E-state index is 0.239. The zero-order valence-corrected chi connectivity index (χ0v) is 12.2. The monoisotopic (exact) mass is 298 g/mol. The van der Waals surface area contributed by atoms with Crippen molar-refractivity contribution in [3.05, 3.63) is 34.6 Å². The van der Waals surface area contributed by atoms with Gasteiger partial charge in [-0.25, -0.2) is 4.39 Å². The molecule has 1 N–H and O–H groups in total. The van der Waals surface area contributed by atoms with E-state index in [-0.39, 0.29) is 11.9 Å². The van der Waals surface area contributed by atoms with E-state index in [4.69, 9.17) is 16.3 Å². The highest BCUT2D eigenvalue weighted by Crippen LogP contribution is 2.22. The molecule has 0 saturated carbocycles. The number of morpholine rings is 1. The van der Waals surface area contributed by atoms with Gasteiger partial charge in [0.05, 0.1) is 12.7 Å². The summed E-state index contributed by atoms with van der Waals surface area (Å²) in [6.45, 7) is 4.51. The van der Waals surface area contributed by atoms with Gasteiger partial charge in [-0.2, -0.15) is 0 Å². The molecule has 2 aliphatic heterocycles. The lowest BCUT2D eigenvalue weighted by atomic mass is 10.2. The average molecular weight is 299 g/mol. The maximum absolute atomic E-state index is 13.0. The number of nitrogens with one attached hydrogen (secondary N) is 1. The van der Waals surface area contributed by atoms with Gasteiger partial charge in [-0.1, -0.05) is 17.7 Å². The van der Waals surface area contributed by atoms with Crippen LogP contribution in [0.1, 0.15) is 18.4 Å². The van der Waals surface area contributed by atoms with Crippen molar-refractivity contribution in [2.45, 2.75) is 31.5 Å². The maximum atomic E-state index is 13.0. The quantitative estimate of drug-likeness (QED) is 0.924. The van der Waals surface area contributed by atoms with Gasteiger partial charge in [-0.15, -0.1) is 0 Å². The molecule has 110 valence electrons. The number of nitrogens with zero attached hydrogens (tertiary/aromatic N) is 1. The highest BCUT2D eigenvalue weighted by atomic mass is 35.5. The molecule has 0 spiro atoms. The molecule has 2 aliphatic rings. The molecule has 0 radical (unpaired) electrons. The van der Waals surface area contributed by atoms with Crippen LogP contribution in [0.25, 0.3) is 0 Å². The van der Waals surface area contributed by atoms with Gasteiger partial charge >= 0.3 is 0 Å². The first-order valence-electron chi connectivity index (χ1n) is 7.22. The van der Waals surface area contributed by atoms with E-state index in [0.717, 1.165) is 25.3 Å². The lowest BCUT2D eigenvalue weighted by molar-refractivity contribution is -0.0470. The lowest BCUT2D eigenvalue weighted by Crippen LogP contribution is -2.49. The van der Waals surface area contributed by atoms with Crippen molar-refractivity contribution < 1.29 is 9.13 Å². The van der Waals surface area contributed by atoms with Crippen LogP contribution in [0.2, 0.25) is 5.02 Å². The van der Waals surface area contributed by atoms with E-state index in [0.29, 0.717) is 17.6 Å². The van der Waals surface area contributed by atoms with E-state index in [2.05, 4.69) is 10.2 Å². The minimum Gasteiger partial charge on any atom is -0.374 e. The van der Waals surface area contributed by atoms with Crippen molar-refractivity contribution >= 4 is 11.6 Å². The number of benzene rings is 1. The third kappa shape index (κ3) is 3.31. The second kappa shape index (κ2) is 6.39. The number of halogens is 2. The molecule has 2 fully saturated rings. The molecule has 0 bridgehead atoms. The Kier molecular flexibility index (Phi) is 4.56. The highest BCUT2D eigenvalue weighted by Gasteiger charge is 2.31. The summed E-state index contributed by atoms with van der Waals surface area (Å²) in [6, 6.07) is 5.15. The number of fused-ring (bicyclic) bond motifs is 1. The van der Waals surface area contributed by atoms with E-state index in [1.807, 2.05) is 0 Å². The van der Waals surface area contributed by atoms with Crippen molar-refractivity contribution in [1.29, 1.82) is 0 Å². The molecule has 2 atom stereocenters. The maximum Gasteiger partial charge on any atom is 0.124 e. The van der Waals surface area contributed by atoms with Crippen LogP contribution in [0, 0.1) is 5.82 Å². The first-order valence-corrected chi connectivity index (χ1v) is 7.60. The normalized spacial score (nSPS) is 26.7. The van der Waals surface area contributed by atoms with Crippen LogP contribution < -0.4 is 5.32 Å². The van der Waals surface area contributed by atoms with Gasteiger partial charge in [0.15, 0.2) is 0 Å². The van der Waals surface area contributed by atoms with Crippen molar-refractivity contribution in [3.63, 3.8) is 0 Å². The minimum atomic E-state index is -0.297. The van der Waals surface area contributed by atoms with Crippen LogP contribution in [0.15, 0.2) is 18.2 Å². The third-order valence-electron chi connectivity index (χ3n) is 4.16. The smallest absolute Gasteiger partial charge is 0.124 e. The molecule has 2 unspecified atom stereocenters. The summed E-state index contributed by atoms with van der Waals surface area (Å²) in [6.07, 6.45) is 2.80. The number of hydrogen-bond acceptors (Lipinski definition) is 3. The van der Waals surface area contributed by atoms with Gasteiger partial charge in [0, 0.05) is 30.7 Å². The van der Waals surface area contributed by atoms with Crippen LogP contribution in [0.5, 0.6) is 0 Å². The summed E-state index contributed by atoms with van der Waals surface area (Å²) >= 11 is 6.00. The summed E-state index contributed by atoms with van der Waals surface area (Å²) in [5.74, 6) is -0.297. The molecule has 1 aromatic carbocycles. The molecule has 0 aromatic heterocycles. The first-order chi connectivity index (χ1) is 9.72. The Morgan fingerprint density at radius 2 is 2.35 bits per heavy atom. The van der Waals surface area contributed by atoms with Crippen molar-refractivity contribution in [2.75, 3.05) is 26.2 Å². The average Bonchev–Trinajstić information content (AvgIpc) is 2.89. The zero-order valence-electron chi connectivity index (χ0n) is 11.4.